The van der Waals surface area contributed by atoms with Crippen molar-refractivity contribution in [3.63, 3.8) is 0 Å². The fourth-order valence-electron chi connectivity index (χ4n) is 3.71. The van der Waals surface area contributed by atoms with Crippen molar-refractivity contribution in [2.45, 2.75) is 142 Å². The average molecular weight is 433 g/mol. The van der Waals surface area contributed by atoms with Crippen LogP contribution in [0.2, 0.25) is 0 Å². The molecule has 0 atom stereocenters. The molecule has 0 bridgehead atoms. The Bertz CT molecular complexity index is 392. The van der Waals surface area contributed by atoms with Crippen LogP contribution in [0.1, 0.15) is 142 Å². The first kappa shape index (κ1) is 28.7. The van der Waals surface area contributed by atoms with Gasteiger partial charge in [-0.15, -0.1) is 0 Å². The Morgan fingerprint density at radius 2 is 0.897 bits per heavy atom. The summed E-state index contributed by atoms with van der Waals surface area (Å²) in [6.45, 7) is 2.28. The van der Waals surface area contributed by atoms with E-state index in [9.17, 15) is 4.57 Å². The molecule has 0 aliphatic rings. The molecular weight excluding hydrogens is 383 g/mol. The van der Waals surface area contributed by atoms with E-state index in [1.807, 2.05) is 0 Å². The molecule has 0 saturated heterocycles. The standard InChI is InChI=1S/C24H49O4P/c1-2-3-4-5-6-7-8-9-10-11-12-13-14-15-16-17-18-19-20-21-22-23-24-28-29(25,26)27/h23-24H,2-22H2,1H3,(H2,25,26,27). The zero-order valence-electron chi connectivity index (χ0n) is 19.2. The Morgan fingerprint density at radius 3 is 1.21 bits per heavy atom. The van der Waals surface area contributed by atoms with Crippen LogP contribution in [-0.4, -0.2) is 9.79 Å². The molecule has 0 amide bonds. The largest absolute Gasteiger partial charge is 0.524 e. The second kappa shape index (κ2) is 22.4. The van der Waals surface area contributed by atoms with Crippen molar-refractivity contribution in [3.05, 3.63) is 12.3 Å². The monoisotopic (exact) mass is 432 g/mol. The van der Waals surface area contributed by atoms with Gasteiger partial charge in [0.25, 0.3) is 0 Å². The van der Waals surface area contributed by atoms with E-state index in [0.29, 0.717) is 0 Å². The number of hydrogen-bond acceptors (Lipinski definition) is 2. The van der Waals surface area contributed by atoms with Gasteiger partial charge in [-0.1, -0.05) is 129 Å². The third-order valence-corrected chi connectivity index (χ3v) is 5.92. The summed E-state index contributed by atoms with van der Waals surface area (Å²) in [5, 5.41) is 0. The minimum absolute atomic E-state index is 0.818. The van der Waals surface area contributed by atoms with Crippen LogP contribution in [0.3, 0.4) is 0 Å². The number of phosphoric acid groups is 1. The highest BCUT2D eigenvalue weighted by Gasteiger charge is 2.10. The van der Waals surface area contributed by atoms with E-state index in [1.165, 1.54) is 122 Å². The van der Waals surface area contributed by atoms with Crippen LogP contribution < -0.4 is 0 Å². The fourth-order valence-corrected chi connectivity index (χ4v) is 3.95. The van der Waals surface area contributed by atoms with Gasteiger partial charge in [0.05, 0.1) is 6.26 Å². The van der Waals surface area contributed by atoms with Gasteiger partial charge in [-0.25, -0.2) is 4.57 Å². The number of hydrogen-bond donors (Lipinski definition) is 2. The van der Waals surface area contributed by atoms with Gasteiger partial charge in [0.2, 0.25) is 0 Å². The van der Waals surface area contributed by atoms with Crippen molar-refractivity contribution in [1.29, 1.82) is 0 Å². The third-order valence-electron chi connectivity index (χ3n) is 5.52. The molecule has 0 unspecified atom stereocenters. The highest BCUT2D eigenvalue weighted by molar-refractivity contribution is 7.46. The highest BCUT2D eigenvalue weighted by Crippen LogP contribution is 2.35. The van der Waals surface area contributed by atoms with Crippen LogP contribution in [0.4, 0.5) is 0 Å². The molecule has 0 aliphatic carbocycles. The fraction of sp³-hybridized carbons (Fsp3) is 0.917. The first-order valence-corrected chi connectivity index (χ1v) is 14.0. The smallest absolute Gasteiger partial charge is 0.413 e. The summed E-state index contributed by atoms with van der Waals surface area (Å²) in [4.78, 5) is 17.1. The van der Waals surface area contributed by atoms with E-state index >= 15 is 0 Å². The Balaban J connectivity index is 3.07. The van der Waals surface area contributed by atoms with Gasteiger partial charge in [-0.2, -0.15) is 0 Å². The highest BCUT2D eigenvalue weighted by atomic mass is 31.2. The van der Waals surface area contributed by atoms with Crippen LogP contribution in [0.25, 0.3) is 0 Å². The zero-order valence-corrected chi connectivity index (χ0v) is 20.1. The molecule has 0 radical (unpaired) electrons. The Hall–Kier alpha value is -0.310. The predicted octanol–water partition coefficient (Wildman–Crippen LogP) is 8.82. The Kier molecular flexibility index (Phi) is 22.1. The molecule has 5 heteroatoms. The van der Waals surface area contributed by atoms with E-state index in [1.54, 1.807) is 6.08 Å². The molecule has 0 aromatic carbocycles. The molecule has 0 fully saturated rings. The van der Waals surface area contributed by atoms with Crippen molar-refractivity contribution in [1.82, 2.24) is 0 Å². The summed E-state index contributed by atoms with van der Waals surface area (Å²) in [6, 6.07) is 0. The quantitative estimate of drug-likeness (QED) is 0.0961. The molecule has 0 saturated carbocycles. The Morgan fingerprint density at radius 1 is 0.586 bits per heavy atom. The maximum Gasteiger partial charge on any atom is 0.524 e. The molecule has 29 heavy (non-hydrogen) atoms. The minimum atomic E-state index is -4.35. The van der Waals surface area contributed by atoms with Gasteiger partial charge in [0.1, 0.15) is 0 Å². The lowest BCUT2D eigenvalue weighted by molar-refractivity contribution is 0.258. The van der Waals surface area contributed by atoms with E-state index < -0.39 is 7.82 Å². The topological polar surface area (TPSA) is 66.8 Å². The number of allylic oxidation sites excluding steroid dienone is 1. The molecule has 0 aliphatic heterocycles. The van der Waals surface area contributed by atoms with Crippen molar-refractivity contribution >= 4 is 7.82 Å². The summed E-state index contributed by atoms with van der Waals surface area (Å²) in [7, 11) is -4.35. The summed E-state index contributed by atoms with van der Waals surface area (Å²) in [5.41, 5.74) is 0. The molecule has 174 valence electrons. The lowest BCUT2D eigenvalue weighted by Gasteiger charge is -2.04. The summed E-state index contributed by atoms with van der Waals surface area (Å²) >= 11 is 0. The maximum atomic E-state index is 10.5. The lowest BCUT2D eigenvalue weighted by atomic mass is 10.0. The Labute approximate surface area is 181 Å². The SMILES string of the molecule is CCCCCCCCCCCCCCCCCCCCCCC=COP(=O)(O)O. The molecule has 0 rings (SSSR count). The van der Waals surface area contributed by atoms with Crippen LogP contribution >= 0.6 is 7.82 Å². The number of phosphoric ester groups is 1. The average Bonchev–Trinajstić information content (AvgIpc) is 2.67. The van der Waals surface area contributed by atoms with Crippen LogP contribution in [0.5, 0.6) is 0 Å². The van der Waals surface area contributed by atoms with Gasteiger partial charge in [-0.3, -0.25) is 9.79 Å². The van der Waals surface area contributed by atoms with Gasteiger partial charge in [-0.05, 0) is 18.9 Å². The van der Waals surface area contributed by atoms with Crippen LogP contribution in [-0.2, 0) is 9.09 Å². The number of unbranched alkanes of at least 4 members (excludes halogenated alkanes) is 20. The van der Waals surface area contributed by atoms with E-state index in [4.69, 9.17) is 9.79 Å². The van der Waals surface area contributed by atoms with Gasteiger partial charge in [0, 0.05) is 0 Å². The zero-order chi connectivity index (χ0) is 21.5. The first-order valence-electron chi connectivity index (χ1n) is 12.4. The molecule has 0 aromatic rings. The minimum Gasteiger partial charge on any atom is -0.413 e. The van der Waals surface area contributed by atoms with E-state index in [2.05, 4.69) is 11.4 Å². The van der Waals surface area contributed by atoms with Crippen molar-refractivity contribution in [2.24, 2.45) is 0 Å². The van der Waals surface area contributed by atoms with Crippen LogP contribution in [0.15, 0.2) is 12.3 Å². The summed E-state index contributed by atoms with van der Waals surface area (Å²) < 4.78 is 14.7. The predicted molar refractivity (Wildman–Crippen MR) is 125 cm³/mol. The van der Waals surface area contributed by atoms with Crippen LogP contribution in [0, 0.1) is 0 Å². The molecule has 4 nitrogen and oxygen atoms in total. The molecular formula is C24H49O4P. The molecule has 0 aromatic heterocycles. The normalized spacial score (nSPS) is 12.1. The lowest BCUT2D eigenvalue weighted by Crippen LogP contribution is -1.84. The third kappa shape index (κ3) is 27.7. The van der Waals surface area contributed by atoms with E-state index in [-0.39, 0.29) is 0 Å². The van der Waals surface area contributed by atoms with Crippen molar-refractivity contribution in [3.8, 4) is 0 Å². The second-order valence-corrected chi connectivity index (χ2v) is 9.67. The molecule has 0 heterocycles. The first-order chi connectivity index (χ1) is 14.1. The number of rotatable bonds is 23. The summed E-state index contributed by atoms with van der Waals surface area (Å²) in [5.74, 6) is 0. The van der Waals surface area contributed by atoms with E-state index in [0.717, 1.165) is 19.1 Å². The van der Waals surface area contributed by atoms with Crippen molar-refractivity contribution < 1.29 is 18.9 Å². The molecule has 2 N–H and O–H groups in total. The van der Waals surface area contributed by atoms with Crippen molar-refractivity contribution in [2.75, 3.05) is 0 Å². The van der Waals surface area contributed by atoms with Gasteiger partial charge < -0.3 is 4.52 Å². The molecule has 0 spiro atoms. The maximum absolute atomic E-state index is 10.5. The second-order valence-electron chi connectivity index (χ2n) is 8.47. The summed E-state index contributed by atoms with van der Waals surface area (Å²) in [6.07, 6.45) is 31.1. The van der Waals surface area contributed by atoms with Gasteiger partial charge >= 0.3 is 7.82 Å². The van der Waals surface area contributed by atoms with Gasteiger partial charge in [0.15, 0.2) is 0 Å².